The topological polar surface area (TPSA) is 83.5 Å². The van der Waals surface area contributed by atoms with Gasteiger partial charge in [0.05, 0.1) is 12.8 Å². The molecule has 1 N–H and O–H groups in total. The molecule has 1 saturated heterocycles. The summed E-state index contributed by atoms with van der Waals surface area (Å²) in [6.45, 7) is 7.12. The number of benzene rings is 1. The first-order valence-electron chi connectivity index (χ1n) is 12.1. The van der Waals surface area contributed by atoms with E-state index >= 15 is 0 Å². The van der Waals surface area contributed by atoms with Crippen LogP contribution in [0, 0.1) is 6.92 Å². The minimum absolute atomic E-state index is 0.147. The van der Waals surface area contributed by atoms with Crippen LogP contribution in [0.25, 0.3) is 11.1 Å². The number of anilines is 1. The second-order valence-electron chi connectivity index (χ2n) is 8.83. The molecular weight excluding hydrogens is 485 g/mol. The van der Waals surface area contributed by atoms with Crippen LogP contribution in [0.15, 0.2) is 48.8 Å². The summed E-state index contributed by atoms with van der Waals surface area (Å²) < 4.78 is 42.4. The van der Waals surface area contributed by atoms with Gasteiger partial charge in [0.15, 0.2) is 11.5 Å². The number of halogens is 3. The van der Waals surface area contributed by atoms with Gasteiger partial charge in [-0.2, -0.15) is 13.2 Å². The summed E-state index contributed by atoms with van der Waals surface area (Å²) in [4.78, 5) is 20.5. The molecule has 3 heterocycles. The smallest absolute Gasteiger partial charge is 0.405 e. The van der Waals surface area contributed by atoms with Crippen molar-refractivity contribution in [2.45, 2.75) is 26.6 Å². The molecule has 0 atom stereocenters. The van der Waals surface area contributed by atoms with E-state index in [2.05, 4.69) is 45.2 Å². The van der Waals surface area contributed by atoms with E-state index in [0.29, 0.717) is 12.4 Å². The molecule has 1 amide bonds. The summed E-state index contributed by atoms with van der Waals surface area (Å²) in [5, 5.41) is 9.64. The van der Waals surface area contributed by atoms with E-state index in [1.165, 1.54) is 17.2 Å². The van der Waals surface area contributed by atoms with Gasteiger partial charge in [-0.1, -0.05) is 18.2 Å². The lowest BCUT2D eigenvalue weighted by Crippen LogP contribution is -2.46. The van der Waals surface area contributed by atoms with Gasteiger partial charge in [-0.25, -0.2) is 0 Å². The molecule has 11 heteroatoms. The molecule has 37 heavy (non-hydrogen) atoms. The van der Waals surface area contributed by atoms with Crippen molar-refractivity contribution in [1.29, 1.82) is 0 Å². The highest BCUT2D eigenvalue weighted by molar-refractivity contribution is 5.92. The molecule has 0 spiro atoms. The Balaban J connectivity index is 1.30. The molecule has 196 valence electrons. The van der Waals surface area contributed by atoms with Crippen LogP contribution in [0.1, 0.15) is 28.5 Å². The Labute approximate surface area is 213 Å². The molecule has 3 aromatic rings. The van der Waals surface area contributed by atoms with E-state index in [9.17, 15) is 18.0 Å². The number of hydrogen-bond donors (Lipinski definition) is 1. The van der Waals surface area contributed by atoms with Gasteiger partial charge in [-0.05, 0) is 48.7 Å². The molecule has 1 aliphatic rings. The maximum atomic E-state index is 12.3. The minimum Gasteiger partial charge on any atom is -0.492 e. The van der Waals surface area contributed by atoms with Crippen LogP contribution >= 0.6 is 0 Å². The zero-order chi connectivity index (χ0) is 26.4. The van der Waals surface area contributed by atoms with Gasteiger partial charge in [0, 0.05) is 44.5 Å². The molecule has 0 unspecified atom stereocenters. The number of piperazine rings is 1. The van der Waals surface area contributed by atoms with E-state index in [0.717, 1.165) is 49.6 Å². The quantitative estimate of drug-likeness (QED) is 0.489. The number of carbonyl (C=O) groups excluding carboxylic acids is 1. The number of nitrogens with zero attached hydrogens (tertiary/aromatic N) is 5. The van der Waals surface area contributed by atoms with Crippen molar-refractivity contribution in [3.05, 3.63) is 65.6 Å². The first-order valence-corrected chi connectivity index (χ1v) is 12.1. The van der Waals surface area contributed by atoms with E-state index in [1.54, 1.807) is 17.6 Å². The lowest BCUT2D eigenvalue weighted by molar-refractivity contribution is -0.123. The third-order valence-electron chi connectivity index (χ3n) is 6.06. The van der Waals surface area contributed by atoms with Gasteiger partial charge in [-0.3, -0.25) is 14.7 Å². The Hall–Kier alpha value is -3.73. The van der Waals surface area contributed by atoms with E-state index in [-0.39, 0.29) is 5.69 Å². The molecule has 1 aliphatic heterocycles. The molecule has 0 aliphatic carbocycles. The molecule has 0 bridgehead atoms. The van der Waals surface area contributed by atoms with Crippen LogP contribution in [0.5, 0.6) is 5.75 Å². The number of carbonyl (C=O) groups is 1. The standard InChI is InChI=1S/C26H29F3N6O2/c1-3-37-21-13-20(14-30-15-21)22-5-4-19(12-18(22)2)16-34-8-10-35(11-9-34)24-7-6-23(32-33-24)25(36)31-17-26(27,28)29/h4-7,12-15H,3,8-11,16-17H2,1-2H3,(H,31,36). The van der Waals surface area contributed by atoms with Crippen molar-refractivity contribution in [2.75, 3.05) is 44.2 Å². The van der Waals surface area contributed by atoms with Crippen molar-refractivity contribution < 1.29 is 22.7 Å². The van der Waals surface area contributed by atoms with Gasteiger partial charge in [-0.15, -0.1) is 10.2 Å². The molecule has 0 radical (unpaired) electrons. The van der Waals surface area contributed by atoms with Crippen molar-refractivity contribution in [1.82, 2.24) is 25.4 Å². The average Bonchev–Trinajstić information content (AvgIpc) is 2.88. The van der Waals surface area contributed by atoms with E-state index < -0.39 is 18.6 Å². The average molecular weight is 515 g/mol. The lowest BCUT2D eigenvalue weighted by atomic mass is 9.99. The second kappa shape index (κ2) is 11.5. The van der Waals surface area contributed by atoms with E-state index in [4.69, 9.17) is 4.74 Å². The van der Waals surface area contributed by atoms with E-state index in [1.807, 2.05) is 24.1 Å². The Morgan fingerprint density at radius 2 is 1.84 bits per heavy atom. The number of hydrogen-bond acceptors (Lipinski definition) is 7. The predicted octanol–water partition coefficient (Wildman–Crippen LogP) is 3.86. The predicted molar refractivity (Wildman–Crippen MR) is 133 cm³/mol. The Kier molecular flexibility index (Phi) is 8.22. The zero-order valence-corrected chi connectivity index (χ0v) is 20.8. The normalized spacial score (nSPS) is 14.5. The second-order valence-corrected chi connectivity index (χ2v) is 8.83. The number of nitrogens with one attached hydrogen (secondary N) is 1. The first kappa shape index (κ1) is 26.3. The lowest BCUT2D eigenvalue weighted by Gasteiger charge is -2.35. The summed E-state index contributed by atoms with van der Waals surface area (Å²) in [6, 6.07) is 11.5. The maximum Gasteiger partial charge on any atom is 0.405 e. The Morgan fingerprint density at radius 1 is 1.05 bits per heavy atom. The number of pyridine rings is 1. The van der Waals surface area contributed by atoms with Crippen LogP contribution in [-0.2, 0) is 6.54 Å². The summed E-state index contributed by atoms with van der Waals surface area (Å²) >= 11 is 0. The third-order valence-corrected chi connectivity index (χ3v) is 6.06. The molecule has 8 nitrogen and oxygen atoms in total. The fourth-order valence-corrected chi connectivity index (χ4v) is 4.24. The summed E-state index contributed by atoms with van der Waals surface area (Å²) in [6.07, 6.45) is -0.920. The number of rotatable bonds is 8. The SMILES string of the molecule is CCOc1cncc(-c2ccc(CN3CCN(c4ccc(C(=O)NCC(F)(F)F)nn4)CC3)cc2C)c1. The third kappa shape index (κ3) is 7.16. The van der Waals surface area contributed by atoms with Crippen LogP contribution in [0.3, 0.4) is 0 Å². The van der Waals surface area contributed by atoms with Gasteiger partial charge < -0.3 is 15.0 Å². The van der Waals surface area contributed by atoms with Crippen molar-refractivity contribution >= 4 is 11.7 Å². The molecule has 1 aromatic carbocycles. The Bertz CT molecular complexity index is 1210. The highest BCUT2D eigenvalue weighted by atomic mass is 19.4. The molecular formula is C26H29F3N6O2. The largest absolute Gasteiger partial charge is 0.492 e. The molecule has 1 fully saturated rings. The fraction of sp³-hybridized carbons (Fsp3) is 0.385. The monoisotopic (exact) mass is 514 g/mol. The number of aryl methyl sites for hydroxylation is 1. The van der Waals surface area contributed by atoms with Crippen LogP contribution in [0.2, 0.25) is 0 Å². The molecule has 0 saturated carbocycles. The van der Waals surface area contributed by atoms with Crippen LogP contribution in [-0.4, -0.2) is 71.5 Å². The first-order chi connectivity index (χ1) is 17.7. The van der Waals surface area contributed by atoms with Gasteiger partial charge in [0.25, 0.3) is 5.91 Å². The van der Waals surface area contributed by atoms with Gasteiger partial charge in [0.1, 0.15) is 12.3 Å². The minimum atomic E-state index is -4.48. The number of ether oxygens (including phenoxy) is 1. The zero-order valence-electron chi connectivity index (χ0n) is 20.8. The number of aromatic nitrogens is 3. The van der Waals surface area contributed by atoms with Gasteiger partial charge in [0.2, 0.25) is 0 Å². The highest BCUT2D eigenvalue weighted by Crippen LogP contribution is 2.27. The summed E-state index contributed by atoms with van der Waals surface area (Å²) in [7, 11) is 0. The van der Waals surface area contributed by atoms with Crippen molar-refractivity contribution in [3.63, 3.8) is 0 Å². The van der Waals surface area contributed by atoms with Gasteiger partial charge >= 0.3 is 6.18 Å². The number of alkyl halides is 3. The summed E-state index contributed by atoms with van der Waals surface area (Å²) in [5.74, 6) is 0.446. The van der Waals surface area contributed by atoms with Crippen LogP contribution in [0.4, 0.5) is 19.0 Å². The maximum absolute atomic E-state index is 12.3. The Morgan fingerprint density at radius 3 is 2.49 bits per heavy atom. The fourth-order valence-electron chi connectivity index (χ4n) is 4.24. The van der Waals surface area contributed by atoms with Crippen molar-refractivity contribution in [3.8, 4) is 16.9 Å². The molecule has 2 aromatic heterocycles. The van der Waals surface area contributed by atoms with Crippen molar-refractivity contribution in [2.24, 2.45) is 0 Å². The van der Waals surface area contributed by atoms with Crippen LogP contribution < -0.4 is 15.0 Å². The number of amides is 1. The highest BCUT2D eigenvalue weighted by Gasteiger charge is 2.28. The summed E-state index contributed by atoms with van der Waals surface area (Å²) in [5.41, 5.74) is 4.38. The molecule has 4 rings (SSSR count).